The average Bonchev–Trinajstić information content (AvgIpc) is 2.48. The fraction of sp³-hybridized carbons (Fsp3) is 0.611. The lowest BCUT2D eigenvalue weighted by Crippen LogP contribution is -2.25. The number of hydrogen-bond acceptors (Lipinski definition) is 2. The molecule has 1 amide bonds. The first-order chi connectivity index (χ1) is 10.1. The molecule has 0 aliphatic carbocycles. The molecule has 0 heterocycles. The topological polar surface area (TPSA) is 29.1 Å². The molecule has 1 N–H and O–H groups in total. The van der Waals surface area contributed by atoms with Crippen molar-refractivity contribution in [3.05, 3.63) is 29.3 Å². The second-order valence-corrected chi connectivity index (χ2v) is 6.25. The Hall–Kier alpha value is -0.960. The highest BCUT2D eigenvalue weighted by Crippen LogP contribution is 2.14. The molecule has 0 spiro atoms. The van der Waals surface area contributed by atoms with Crippen LogP contribution in [0.5, 0.6) is 0 Å². The lowest BCUT2D eigenvalue weighted by Gasteiger charge is -2.08. The summed E-state index contributed by atoms with van der Waals surface area (Å²) in [6.45, 7) is 4.97. The summed E-state index contributed by atoms with van der Waals surface area (Å²) in [5.41, 5.74) is 1.74. The number of hydrogen-bond donors (Lipinski definition) is 2. The monoisotopic (exact) mass is 307 g/mol. The molecule has 3 heteroatoms. The van der Waals surface area contributed by atoms with Crippen LogP contribution in [0.3, 0.4) is 0 Å². The maximum Gasteiger partial charge on any atom is 0.251 e. The minimum atomic E-state index is 0.0198. The highest BCUT2D eigenvalue weighted by Gasteiger charge is 2.08. The molecule has 118 valence electrons. The van der Waals surface area contributed by atoms with E-state index in [0.717, 1.165) is 29.0 Å². The molecular formula is C18H29NOS. The van der Waals surface area contributed by atoms with Crippen molar-refractivity contribution >= 4 is 18.5 Å². The number of carbonyl (C=O) groups excluding carboxylic acids is 1. The molecule has 0 radical (unpaired) electrons. The van der Waals surface area contributed by atoms with Crippen LogP contribution in [0.15, 0.2) is 23.1 Å². The molecule has 0 unspecified atom stereocenters. The first-order valence-electron chi connectivity index (χ1n) is 8.23. The van der Waals surface area contributed by atoms with Gasteiger partial charge in [0.05, 0.1) is 0 Å². The molecule has 0 atom stereocenters. The van der Waals surface area contributed by atoms with E-state index in [9.17, 15) is 4.79 Å². The summed E-state index contributed by atoms with van der Waals surface area (Å²) in [6, 6.07) is 5.68. The van der Waals surface area contributed by atoms with Crippen LogP contribution < -0.4 is 5.32 Å². The Kier molecular flexibility index (Phi) is 9.24. The molecule has 1 aromatic rings. The SMILES string of the molecule is CCCCCCCCCCNC(=O)c1cc(S)ccc1C. The molecule has 0 saturated heterocycles. The number of carbonyl (C=O) groups is 1. The summed E-state index contributed by atoms with van der Waals surface area (Å²) in [5, 5.41) is 3.01. The van der Waals surface area contributed by atoms with E-state index >= 15 is 0 Å². The molecule has 1 aromatic carbocycles. The summed E-state index contributed by atoms with van der Waals surface area (Å²) < 4.78 is 0. The quantitative estimate of drug-likeness (QED) is 0.454. The number of rotatable bonds is 10. The zero-order valence-electron chi connectivity index (χ0n) is 13.5. The Balaban J connectivity index is 2.12. The molecule has 0 saturated carbocycles. The minimum Gasteiger partial charge on any atom is -0.352 e. The van der Waals surface area contributed by atoms with Gasteiger partial charge >= 0.3 is 0 Å². The maximum absolute atomic E-state index is 12.1. The highest BCUT2D eigenvalue weighted by molar-refractivity contribution is 7.80. The average molecular weight is 308 g/mol. The third kappa shape index (κ3) is 7.56. The van der Waals surface area contributed by atoms with Gasteiger partial charge in [0.2, 0.25) is 0 Å². The molecule has 0 fully saturated rings. The van der Waals surface area contributed by atoms with Gasteiger partial charge in [-0.3, -0.25) is 4.79 Å². The van der Waals surface area contributed by atoms with Gasteiger partial charge in [-0.05, 0) is 31.0 Å². The Labute approximate surface area is 135 Å². The summed E-state index contributed by atoms with van der Waals surface area (Å²) in [7, 11) is 0. The molecule has 0 aliphatic rings. The Morgan fingerprint density at radius 3 is 2.33 bits per heavy atom. The van der Waals surface area contributed by atoms with Gasteiger partial charge in [0, 0.05) is 17.0 Å². The minimum absolute atomic E-state index is 0.0198. The zero-order valence-corrected chi connectivity index (χ0v) is 14.3. The van der Waals surface area contributed by atoms with Crippen molar-refractivity contribution in [2.45, 2.75) is 70.1 Å². The molecule has 0 aromatic heterocycles. The normalized spacial score (nSPS) is 10.6. The van der Waals surface area contributed by atoms with Crippen molar-refractivity contribution < 1.29 is 4.79 Å². The predicted molar refractivity (Wildman–Crippen MR) is 93.4 cm³/mol. The van der Waals surface area contributed by atoms with E-state index in [1.165, 1.54) is 44.9 Å². The second kappa shape index (κ2) is 10.7. The molecular weight excluding hydrogens is 278 g/mol. The predicted octanol–water partition coefficient (Wildman–Crippen LogP) is 5.15. The van der Waals surface area contributed by atoms with E-state index in [1.807, 2.05) is 25.1 Å². The molecule has 0 aliphatic heterocycles. The van der Waals surface area contributed by atoms with Crippen LogP contribution in [0.25, 0.3) is 0 Å². The van der Waals surface area contributed by atoms with Gasteiger partial charge in [-0.1, -0.05) is 57.9 Å². The van der Waals surface area contributed by atoms with Crippen molar-refractivity contribution in [1.82, 2.24) is 5.32 Å². The molecule has 0 bridgehead atoms. The second-order valence-electron chi connectivity index (χ2n) is 5.73. The summed E-state index contributed by atoms with van der Waals surface area (Å²) in [5.74, 6) is 0.0198. The van der Waals surface area contributed by atoms with Gasteiger partial charge in [0.15, 0.2) is 0 Å². The van der Waals surface area contributed by atoms with Crippen LogP contribution in [0.2, 0.25) is 0 Å². The van der Waals surface area contributed by atoms with Crippen LogP contribution in [-0.4, -0.2) is 12.5 Å². The van der Waals surface area contributed by atoms with E-state index in [1.54, 1.807) is 0 Å². The zero-order chi connectivity index (χ0) is 15.5. The van der Waals surface area contributed by atoms with E-state index in [-0.39, 0.29) is 5.91 Å². The summed E-state index contributed by atoms with van der Waals surface area (Å²) in [4.78, 5) is 12.9. The smallest absolute Gasteiger partial charge is 0.251 e. The van der Waals surface area contributed by atoms with E-state index in [2.05, 4.69) is 24.9 Å². The number of thiol groups is 1. The van der Waals surface area contributed by atoms with Gasteiger partial charge in [0.1, 0.15) is 0 Å². The Bertz CT molecular complexity index is 431. The first kappa shape index (κ1) is 18.1. The van der Waals surface area contributed by atoms with Gasteiger partial charge in [-0.25, -0.2) is 0 Å². The third-order valence-corrected chi connectivity index (χ3v) is 4.06. The van der Waals surface area contributed by atoms with Gasteiger partial charge in [0.25, 0.3) is 5.91 Å². The summed E-state index contributed by atoms with van der Waals surface area (Å²) >= 11 is 4.29. The van der Waals surface area contributed by atoms with Crippen molar-refractivity contribution in [3.8, 4) is 0 Å². The third-order valence-electron chi connectivity index (χ3n) is 3.78. The van der Waals surface area contributed by atoms with Crippen LogP contribution in [0, 0.1) is 6.92 Å². The number of nitrogens with one attached hydrogen (secondary N) is 1. The van der Waals surface area contributed by atoms with Crippen LogP contribution in [0.4, 0.5) is 0 Å². The molecule has 1 rings (SSSR count). The van der Waals surface area contributed by atoms with Crippen molar-refractivity contribution in [1.29, 1.82) is 0 Å². The van der Waals surface area contributed by atoms with Crippen LogP contribution in [0.1, 0.15) is 74.2 Å². The largest absolute Gasteiger partial charge is 0.352 e. The Morgan fingerprint density at radius 2 is 1.67 bits per heavy atom. The van der Waals surface area contributed by atoms with Gasteiger partial charge < -0.3 is 5.32 Å². The van der Waals surface area contributed by atoms with Crippen molar-refractivity contribution in [3.63, 3.8) is 0 Å². The van der Waals surface area contributed by atoms with E-state index in [0.29, 0.717) is 0 Å². The number of benzene rings is 1. The van der Waals surface area contributed by atoms with Gasteiger partial charge in [-0.15, -0.1) is 12.6 Å². The van der Waals surface area contributed by atoms with Gasteiger partial charge in [-0.2, -0.15) is 0 Å². The lowest BCUT2D eigenvalue weighted by molar-refractivity contribution is 0.0952. The molecule has 21 heavy (non-hydrogen) atoms. The van der Waals surface area contributed by atoms with E-state index < -0.39 is 0 Å². The van der Waals surface area contributed by atoms with Crippen molar-refractivity contribution in [2.75, 3.05) is 6.54 Å². The van der Waals surface area contributed by atoms with E-state index in [4.69, 9.17) is 0 Å². The molecule has 2 nitrogen and oxygen atoms in total. The standard InChI is InChI=1S/C18H29NOS/c1-3-4-5-6-7-8-9-10-13-19-18(20)17-14-16(21)12-11-15(17)2/h11-12,14,21H,3-10,13H2,1-2H3,(H,19,20). The maximum atomic E-state index is 12.1. The Morgan fingerprint density at radius 1 is 1.05 bits per heavy atom. The highest BCUT2D eigenvalue weighted by atomic mass is 32.1. The fourth-order valence-corrected chi connectivity index (χ4v) is 2.61. The van der Waals surface area contributed by atoms with Crippen LogP contribution in [-0.2, 0) is 0 Å². The fourth-order valence-electron chi connectivity index (χ4n) is 2.41. The number of aryl methyl sites for hydroxylation is 1. The van der Waals surface area contributed by atoms with Crippen molar-refractivity contribution in [2.24, 2.45) is 0 Å². The first-order valence-corrected chi connectivity index (χ1v) is 8.67. The number of amides is 1. The number of unbranched alkanes of at least 4 members (excludes halogenated alkanes) is 7. The van der Waals surface area contributed by atoms with Crippen LogP contribution >= 0.6 is 12.6 Å². The summed E-state index contributed by atoms with van der Waals surface area (Å²) in [6.07, 6.45) is 10.3. The lowest BCUT2D eigenvalue weighted by atomic mass is 10.1.